The van der Waals surface area contributed by atoms with Crippen molar-refractivity contribution in [2.75, 3.05) is 6.54 Å². The maximum absolute atomic E-state index is 3.54. The second-order valence-corrected chi connectivity index (χ2v) is 4.47. The van der Waals surface area contributed by atoms with Crippen LogP contribution in [0, 0.1) is 5.92 Å². The summed E-state index contributed by atoms with van der Waals surface area (Å²) in [7, 11) is 0. The first-order valence-electron chi connectivity index (χ1n) is 5.52. The molecule has 1 fully saturated rings. The third-order valence-electron chi connectivity index (χ3n) is 2.75. The van der Waals surface area contributed by atoms with Crippen LogP contribution >= 0.6 is 0 Å². The van der Waals surface area contributed by atoms with Gasteiger partial charge in [0, 0.05) is 6.04 Å². The van der Waals surface area contributed by atoms with Crippen LogP contribution in [-0.2, 0) is 0 Å². The van der Waals surface area contributed by atoms with Crippen molar-refractivity contribution in [3.8, 4) is 0 Å². The quantitative estimate of drug-likeness (QED) is 0.624. The predicted molar refractivity (Wildman–Crippen MR) is 54.3 cm³/mol. The second-order valence-electron chi connectivity index (χ2n) is 4.47. The largest absolute Gasteiger partial charge is 0.314 e. The van der Waals surface area contributed by atoms with Crippen molar-refractivity contribution in [2.45, 2.75) is 58.4 Å². The fourth-order valence-corrected chi connectivity index (χ4v) is 1.95. The van der Waals surface area contributed by atoms with Crippen molar-refractivity contribution in [1.82, 2.24) is 5.32 Å². The van der Waals surface area contributed by atoms with Gasteiger partial charge in [0.25, 0.3) is 0 Å². The number of hydrogen-bond donors (Lipinski definition) is 1. The first-order chi connectivity index (χ1) is 5.79. The van der Waals surface area contributed by atoms with Crippen molar-refractivity contribution in [1.29, 1.82) is 0 Å². The summed E-state index contributed by atoms with van der Waals surface area (Å²) in [5.41, 5.74) is 0. The maximum atomic E-state index is 3.54. The maximum Gasteiger partial charge on any atom is 0.00675 e. The van der Waals surface area contributed by atoms with E-state index in [1.54, 1.807) is 0 Å². The molecule has 72 valence electrons. The lowest BCUT2D eigenvalue weighted by molar-refractivity contribution is 0.479. The Morgan fingerprint density at radius 3 is 2.75 bits per heavy atom. The van der Waals surface area contributed by atoms with Crippen molar-refractivity contribution in [3.63, 3.8) is 0 Å². The summed E-state index contributed by atoms with van der Waals surface area (Å²) < 4.78 is 0. The zero-order chi connectivity index (χ0) is 8.81. The molecular formula is C11H23N. The Balaban J connectivity index is 1.88. The van der Waals surface area contributed by atoms with Crippen LogP contribution in [0.25, 0.3) is 0 Å². The highest BCUT2D eigenvalue weighted by atomic mass is 14.9. The van der Waals surface area contributed by atoms with E-state index in [0.717, 1.165) is 12.0 Å². The minimum Gasteiger partial charge on any atom is -0.314 e. The fraction of sp³-hybridized carbons (Fsp3) is 1.00. The Labute approximate surface area is 76.9 Å². The normalized spacial score (nSPS) is 23.8. The van der Waals surface area contributed by atoms with Crippen LogP contribution < -0.4 is 5.32 Å². The fourth-order valence-electron chi connectivity index (χ4n) is 1.95. The van der Waals surface area contributed by atoms with Gasteiger partial charge in [-0.3, -0.25) is 0 Å². The molecule has 0 aromatic rings. The van der Waals surface area contributed by atoms with E-state index in [0.29, 0.717) is 0 Å². The third kappa shape index (κ3) is 4.10. The summed E-state index contributed by atoms with van der Waals surface area (Å²) in [4.78, 5) is 0. The zero-order valence-corrected chi connectivity index (χ0v) is 8.60. The van der Waals surface area contributed by atoms with Crippen molar-refractivity contribution in [2.24, 2.45) is 5.92 Å². The van der Waals surface area contributed by atoms with Crippen LogP contribution in [0.4, 0.5) is 0 Å². The predicted octanol–water partition coefficient (Wildman–Crippen LogP) is 2.95. The van der Waals surface area contributed by atoms with E-state index in [2.05, 4.69) is 19.2 Å². The van der Waals surface area contributed by atoms with Crippen LogP contribution in [0.15, 0.2) is 0 Å². The minimum atomic E-state index is 0.858. The lowest BCUT2D eigenvalue weighted by atomic mass is 10.0. The Bertz CT molecular complexity index is 104. The van der Waals surface area contributed by atoms with Gasteiger partial charge in [-0.1, -0.05) is 33.1 Å². The van der Waals surface area contributed by atoms with Gasteiger partial charge in [-0.2, -0.15) is 0 Å². The molecule has 0 aromatic heterocycles. The first kappa shape index (κ1) is 10.0. The van der Waals surface area contributed by atoms with E-state index in [-0.39, 0.29) is 0 Å². The summed E-state index contributed by atoms with van der Waals surface area (Å²) in [6.07, 6.45) is 8.49. The number of nitrogens with one attached hydrogen (secondary N) is 1. The van der Waals surface area contributed by atoms with Gasteiger partial charge in [0.05, 0.1) is 0 Å². The van der Waals surface area contributed by atoms with Crippen LogP contribution in [0.2, 0.25) is 0 Å². The second kappa shape index (κ2) is 5.58. The molecule has 0 aliphatic carbocycles. The number of unbranched alkanes of at least 4 members (excludes halogenated alkanes) is 1. The molecule has 0 spiro atoms. The van der Waals surface area contributed by atoms with Gasteiger partial charge in [0.1, 0.15) is 0 Å². The summed E-state index contributed by atoms with van der Waals surface area (Å²) in [5, 5.41) is 3.54. The molecule has 12 heavy (non-hydrogen) atoms. The molecule has 1 aliphatic rings. The molecule has 0 radical (unpaired) electrons. The Kier molecular flexibility index (Phi) is 4.67. The average Bonchev–Trinajstić information content (AvgIpc) is 2.49. The Morgan fingerprint density at radius 2 is 2.17 bits per heavy atom. The van der Waals surface area contributed by atoms with Gasteiger partial charge in [-0.15, -0.1) is 0 Å². The molecule has 1 saturated heterocycles. The third-order valence-corrected chi connectivity index (χ3v) is 2.75. The molecular weight excluding hydrogens is 146 g/mol. The van der Waals surface area contributed by atoms with Crippen LogP contribution in [0.1, 0.15) is 52.4 Å². The molecule has 1 heterocycles. The molecule has 0 bridgehead atoms. The highest BCUT2D eigenvalue weighted by Crippen LogP contribution is 2.14. The topological polar surface area (TPSA) is 12.0 Å². The molecule has 1 unspecified atom stereocenters. The average molecular weight is 169 g/mol. The summed E-state index contributed by atoms with van der Waals surface area (Å²) in [5.74, 6) is 0.890. The molecule has 0 amide bonds. The van der Waals surface area contributed by atoms with Gasteiger partial charge >= 0.3 is 0 Å². The van der Waals surface area contributed by atoms with E-state index >= 15 is 0 Å². The number of rotatable bonds is 5. The summed E-state index contributed by atoms with van der Waals surface area (Å²) in [6, 6.07) is 0.858. The monoisotopic (exact) mass is 169 g/mol. The van der Waals surface area contributed by atoms with Gasteiger partial charge in [0.15, 0.2) is 0 Å². The molecule has 1 atom stereocenters. The molecule has 1 heteroatoms. The highest BCUT2D eigenvalue weighted by molar-refractivity contribution is 4.73. The Morgan fingerprint density at radius 1 is 1.33 bits per heavy atom. The standard InChI is InChI=1S/C11H23N/c1-10(2)6-3-4-7-11-8-5-9-12-11/h10-12H,3-9H2,1-2H3. The lowest BCUT2D eigenvalue weighted by Gasteiger charge is -2.09. The van der Waals surface area contributed by atoms with E-state index in [1.807, 2.05) is 0 Å². The van der Waals surface area contributed by atoms with E-state index in [1.165, 1.54) is 45.1 Å². The molecule has 1 nitrogen and oxygen atoms in total. The zero-order valence-electron chi connectivity index (χ0n) is 8.60. The highest BCUT2D eigenvalue weighted by Gasteiger charge is 2.12. The SMILES string of the molecule is CC(C)CCCCC1CCCN1. The Hall–Kier alpha value is -0.0400. The van der Waals surface area contributed by atoms with Crippen molar-refractivity contribution < 1.29 is 0 Å². The van der Waals surface area contributed by atoms with Crippen LogP contribution in [0.5, 0.6) is 0 Å². The lowest BCUT2D eigenvalue weighted by Crippen LogP contribution is -2.20. The van der Waals surface area contributed by atoms with Crippen LogP contribution in [-0.4, -0.2) is 12.6 Å². The molecule has 1 aliphatic heterocycles. The van der Waals surface area contributed by atoms with Gasteiger partial charge < -0.3 is 5.32 Å². The summed E-state index contributed by atoms with van der Waals surface area (Å²) >= 11 is 0. The first-order valence-corrected chi connectivity index (χ1v) is 5.52. The van der Waals surface area contributed by atoms with Crippen molar-refractivity contribution >= 4 is 0 Å². The van der Waals surface area contributed by atoms with Gasteiger partial charge in [-0.25, -0.2) is 0 Å². The molecule has 1 N–H and O–H groups in total. The summed E-state index contributed by atoms with van der Waals surface area (Å²) in [6.45, 7) is 5.89. The van der Waals surface area contributed by atoms with E-state index in [9.17, 15) is 0 Å². The van der Waals surface area contributed by atoms with Crippen molar-refractivity contribution in [3.05, 3.63) is 0 Å². The van der Waals surface area contributed by atoms with E-state index < -0.39 is 0 Å². The minimum absolute atomic E-state index is 0.858. The molecule has 1 rings (SSSR count). The number of hydrogen-bond acceptors (Lipinski definition) is 1. The van der Waals surface area contributed by atoms with Gasteiger partial charge in [-0.05, 0) is 31.7 Å². The molecule has 0 saturated carbocycles. The van der Waals surface area contributed by atoms with Gasteiger partial charge in [0.2, 0.25) is 0 Å². The smallest absolute Gasteiger partial charge is 0.00675 e. The molecule has 0 aromatic carbocycles. The van der Waals surface area contributed by atoms with E-state index in [4.69, 9.17) is 0 Å². The van der Waals surface area contributed by atoms with Crippen LogP contribution in [0.3, 0.4) is 0 Å².